The molecular formula is C11H21N3O3. The summed E-state index contributed by atoms with van der Waals surface area (Å²) in [5, 5.41) is 11.4. The second-order valence-electron chi connectivity index (χ2n) is 4.61. The summed E-state index contributed by atoms with van der Waals surface area (Å²) in [4.78, 5) is 25.5. The van der Waals surface area contributed by atoms with Gasteiger partial charge in [-0.2, -0.15) is 0 Å². The maximum Gasteiger partial charge on any atom is 0.323 e. The molecule has 1 unspecified atom stereocenters. The maximum atomic E-state index is 11.6. The van der Waals surface area contributed by atoms with E-state index in [1.807, 2.05) is 6.92 Å². The number of nitrogens with one attached hydrogen (secondary N) is 1. The van der Waals surface area contributed by atoms with Gasteiger partial charge in [0.2, 0.25) is 0 Å². The molecule has 0 bridgehead atoms. The van der Waals surface area contributed by atoms with E-state index in [1.165, 1.54) is 24.8 Å². The molecule has 0 saturated carbocycles. The lowest BCUT2D eigenvalue weighted by Crippen LogP contribution is -2.47. The van der Waals surface area contributed by atoms with Gasteiger partial charge in [-0.1, -0.05) is 0 Å². The highest BCUT2D eigenvalue weighted by Gasteiger charge is 2.18. The number of likely N-dealkylation sites (tertiary alicyclic amines) is 1. The molecule has 1 aliphatic heterocycles. The molecule has 1 atom stereocenters. The zero-order chi connectivity index (χ0) is 12.8. The van der Waals surface area contributed by atoms with Crippen molar-refractivity contribution in [1.29, 1.82) is 0 Å². The number of rotatable bonds is 5. The third-order valence-corrected chi connectivity index (χ3v) is 2.82. The normalized spacial score (nSPS) is 17.8. The van der Waals surface area contributed by atoms with Crippen molar-refractivity contribution < 1.29 is 14.7 Å². The van der Waals surface area contributed by atoms with Crippen LogP contribution in [-0.4, -0.2) is 66.2 Å². The Bertz CT molecular complexity index is 277. The van der Waals surface area contributed by atoms with Gasteiger partial charge in [-0.05, 0) is 32.9 Å². The molecule has 0 aliphatic carbocycles. The number of nitrogens with zero attached hydrogens (tertiary/aromatic N) is 2. The van der Waals surface area contributed by atoms with Gasteiger partial charge in [-0.25, -0.2) is 4.79 Å². The largest absolute Gasteiger partial charge is 0.480 e. The first-order valence-corrected chi connectivity index (χ1v) is 5.95. The van der Waals surface area contributed by atoms with E-state index in [9.17, 15) is 9.59 Å². The monoisotopic (exact) mass is 243 g/mol. The fourth-order valence-corrected chi connectivity index (χ4v) is 1.99. The van der Waals surface area contributed by atoms with Crippen molar-refractivity contribution in [3.05, 3.63) is 0 Å². The lowest BCUT2D eigenvalue weighted by atomic mass is 10.3. The van der Waals surface area contributed by atoms with Crippen LogP contribution in [0, 0.1) is 0 Å². The molecular weight excluding hydrogens is 222 g/mol. The first kappa shape index (κ1) is 13.8. The average Bonchev–Trinajstić information content (AvgIpc) is 2.68. The Morgan fingerprint density at radius 1 is 1.41 bits per heavy atom. The van der Waals surface area contributed by atoms with Gasteiger partial charge in [0.25, 0.3) is 0 Å². The van der Waals surface area contributed by atoms with Crippen LogP contribution in [0.25, 0.3) is 0 Å². The number of urea groups is 1. The molecule has 0 aromatic heterocycles. The van der Waals surface area contributed by atoms with Crippen LogP contribution in [0.15, 0.2) is 0 Å². The Kier molecular flexibility index (Phi) is 5.21. The molecule has 98 valence electrons. The number of carbonyl (C=O) groups excluding carboxylic acids is 1. The van der Waals surface area contributed by atoms with Crippen molar-refractivity contribution in [3.8, 4) is 0 Å². The van der Waals surface area contributed by atoms with E-state index < -0.39 is 5.97 Å². The quantitative estimate of drug-likeness (QED) is 0.723. The van der Waals surface area contributed by atoms with Gasteiger partial charge in [0.05, 0.1) is 0 Å². The Balaban J connectivity index is 2.26. The van der Waals surface area contributed by atoms with Crippen LogP contribution in [-0.2, 0) is 4.79 Å². The molecule has 1 heterocycles. The first-order valence-electron chi connectivity index (χ1n) is 5.95. The van der Waals surface area contributed by atoms with E-state index in [2.05, 4.69) is 10.2 Å². The molecule has 1 fully saturated rings. The summed E-state index contributed by atoms with van der Waals surface area (Å²) >= 11 is 0. The maximum absolute atomic E-state index is 11.6. The Hall–Kier alpha value is -1.30. The van der Waals surface area contributed by atoms with Gasteiger partial charge < -0.3 is 20.2 Å². The summed E-state index contributed by atoms with van der Waals surface area (Å²) in [7, 11) is 1.48. The van der Waals surface area contributed by atoms with E-state index in [0.29, 0.717) is 0 Å². The molecule has 6 heteroatoms. The molecule has 1 saturated heterocycles. The molecule has 2 N–H and O–H groups in total. The van der Waals surface area contributed by atoms with Crippen molar-refractivity contribution in [2.75, 3.05) is 33.2 Å². The molecule has 0 spiro atoms. The highest BCUT2D eigenvalue weighted by molar-refractivity contribution is 5.79. The molecule has 1 rings (SSSR count). The molecule has 6 nitrogen and oxygen atoms in total. The molecule has 1 aliphatic rings. The van der Waals surface area contributed by atoms with E-state index in [0.717, 1.165) is 19.6 Å². The van der Waals surface area contributed by atoms with E-state index in [1.54, 1.807) is 0 Å². The highest BCUT2D eigenvalue weighted by Crippen LogP contribution is 2.07. The van der Waals surface area contributed by atoms with Crippen LogP contribution in [0.2, 0.25) is 0 Å². The van der Waals surface area contributed by atoms with Gasteiger partial charge >= 0.3 is 12.0 Å². The van der Waals surface area contributed by atoms with Gasteiger partial charge in [0.15, 0.2) is 0 Å². The number of carboxylic acid groups (broad SMARTS) is 1. The van der Waals surface area contributed by atoms with E-state index in [4.69, 9.17) is 5.11 Å². The minimum absolute atomic E-state index is 0.0387. The van der Waals surface area contributed by atoms with Crippen LogP contribution in [0.3, 0.4) is 0 Å². The first-order chi connectivity index (χ1) is 7.99. The summed E-state index contributed by atoms with van der Waals surface area (Å²) in [6, 6.07) is -0.295. The summed E-state index contributed by atoms with van der Waals surface area (Å²) < 4.78 is 0. The molecule has 2 amide bonds. The zero-order valence-corrected chi connectivity index (χ0v) is 10.5. The lowest BCUT2D eigenvalue weighted by molar-refractivity contribution is -0.137. The van der Waals surface area contributed by atoms with Gasteiger partial charge in [-0.15, -0.1) is 0 Å². The Morgan fingerprint density at radius 3 is 2.53 bits per heavy atom. The van der Waals surface area contributed by atoms with Crippen LogP contribution in [0.5, 0.6) is 0 Å². The Labute approximate surface area is 102 Å². The van der Waals surface area contributed by atoms with Crippen LogP contribution in [0.4, 0.5) is 4.79 Å². The molecule has 17 heavy (non-hydrogen) atoms. The van der Waals surface area contributed by atoms with Crippen LogP contribution < -0.4 is 5.32 Å². The second-order valence-corrected chi connectivity index (χ2v) is 4.61. The SMILES string of the molecule is CC(CN1CCCC1)NC(=O)N(C)CC(=O)O. The van der Waals surface area contributed by atoms with Crippen molar-refractivity contribution in [1.82, 2.24) is 15.1 Å². The smallest absolute Gasteiger partial charge is 0.323 e. The summed E-state index contributed by atoms with van der Waals surface area (Å²) in [5.74, 6) is -1.00. The van der Waals surface area contributed by atoms with Crippen molar-refractivity contribution >= 4 is 12.0 Å². The van der Waals surface area contributed by atoms with Crippen molar-refractivity contribution in [2.24, 2.45) is 0 Å². The summed E-state index contributed by atoms with van der Waals surface area (Å²) in [6.45, 7) is 4.66. The third-order valence-electron chi connectivity index (χ3n) is 2.82. The van der Waals surface area contributed by atoms with E-state index in [-0.39, 0.29) is 18.6 Å². The standard InChI is InChI=1S/C11H21N3O3/c1-9(7-14-5-3-4-6-14)12-11(17)13(2)8-10(15)16/h9H,3-8H2,1-2H3,(H,12,17)(H,15,16). The minimum Gasteiger partial charge on any atom is -0.480 e. The lowest BCUT2D eigenvalue weighted by Gasteiger charge is -2.23. The number of amides is 2. The summed E-state index contributed by atoms with van der Waals surface area (Å²) in [5.41, 5.74) is 0. The fourth-order valence-electron chi connectivity index (χ4n) is 1.99. The highest BCUT2D eigenvalue weighted by atomic mass is 16.4. The van der Waals surface area contributed by atoms with Crippen LogP contribution in [0.1, 0.15) is 19.8 Å². The molecule has 0 radical (unpaired) electrons. The topological polar surface area (TPSA) is 72.9 Å². The molecule has 0 aromatic rings. The number of hydrogen-bond donors (Lipinski definition) is 2. The second kappa shape index (κ2) is 6.44. The fraction of sp³-hybridized carbons (Fsp3) is 0.818. The minimum atomic E-state index is -1.00. The number of likely N-dealkylation sites (N-methyl/N-ethyl adjacent to an activating group) is 1. The number of aliphatic carboxylic acids is 1. The predicted molar refractivity (Wildman–Crippen MR) is 63.9 cm³/mol. The predicted octanol–water partition coefficient (Wildman–Crippen LogP) is 0.197. The average molecular weight is 243 g/mol. The van der Waals surface area contributed by atoms with Gasteiger partial charge in [-0.3, -0.25) is 4.79 Å². The number of carboxylic acids is 1. The third kappa shape index (κ3) is 5.04. The van der Waals surface area contributed by atoms with E-state index >= 15 is 0 Å². The van der Waals surface area contributed by atoms with Crippen molar-refractivity contribution in [2.45, 2.75) is 25.8 Å². The van der Waals surface area contributed by atoms with Crippen molar-refractivity contribution in [3.63, 3.8) is 0 Å². The van der Waals surface area contributed by atoms with Gasteiger partial charge in [0.1, 0.15) is 6.54 Å². The number of carbonyl (C=O) groups is 2. The summed E-state index contributed by atoms with van der Waals surface area (Å²) in [6.07, 6.45) is 2.44. The number of hydrogen-bond acceptors (Lipinski definition) is 3. The van der Waals surface area contributed by atoms with Gasteiger partial charge in [0, 0.05) is 19.6 Å². The molecule has 0 aromatic carbocycles. The zero-order valence-electron chi connectivity index (χ0n) is 10.5. The Morgan fingerprint density at radius 2 is 2.00 bits per heavy atom. The van der Waals surface area contributed by atoms with Crippen LogP contribution >= 0.6 is 0 Å².